The highest BCUT2D eigenvalue weighted by Gasteiger charge is 2.58. The second-order valence-corrected chi connectivity index (χ2v) is 7.74. The fourth-order valence-electron chi connectivity index (χ4n) is 5.28. The van der Waals surface area contributed by atoms with Crippen LogP contribution in [-0.4, -0.2) is 22.2 Å². The van der Waals surface area contributed by atoms with Crippen molar-refractivity contribution in [2.75, 3.05) is 0 Å². The number of hydrogen-bond acceptors (Lipinski definition) is 2. The highest BCUT2D eigenvalue weighted by molar-refractivity contribution is 5.80. The molecule has 2 fully saturated rings. The van der Waals surface area contributed by atoms with Crippen LogP contribution in [0.5, 0.6) is 0 Å². The van der Waals surface area contributed by atoms with Gasteiger partial charge in [-0.05, 0) is 38.0 Å². The molecule has 0 radical (unpaired) electrons. The summed E-state index contributed by atoms with van der Waals surface area (Å²) in [5.74, 6) is -1.71. The molecule has 2 saturated carbocycles. The maximum atomic E-state index is 12.3. The number of carboxylic acid groups (broad SMARTS) is 2. The van der Waals surface area contributed by atoms with E-state index in [1.54, 1.807) is 0 Å². The molecular formula is C19H32O4. The summed E-state index contributed by atoms with van der Waals surface area (Å²) in [5.41, 5.74) is -1.63. The number of unbranched alkanes of at least 4 members (excludes halogenated alkanes) is 1. The molecule has 0 heterocycles. The first-order valence-corrected chi connectivity index (χ1v) is 9.46. The highest BCUT2D eigenvalue weighted by atomic mass is 16.4. The monoisotopic (exact) mass is 324 g/mol. The van der Waals surface area contributed by atoms with Crippen molar-refractivity contribution < 1.29 is 19.8 Å². The van der Waals surface area contributed by atoms with E-state index in [9.17, 15) is 19.8 Å². The molecule has 0 spiro atoms. The molecule has 0 amide bonds. The topological polar surface area (TPSA) is 74.6 Å². The molecule has 0 atom stereocenters. The molecule has 0 bridgehead atoms. The van der Waals surface area contributed by atoms with Crippen molar-refractivity contribution in [1.82, 2.24) is 0 Å². The lowest BCUT2D eigenvalue weighted by atomic mass is 9.52. The van der Waals surface area contributed by atoms with Gasteiger partial charge in [0.05, 0.1) is 10.8 Å². The van der Waals surface area contributed by atoms with Crippen LogP contribution in [0.2, 0.25) is 0 Å². The Morgan fingerprint density at radius 2 is 1.22 bits per heavy atom. The third-order valence-electron chi connectivity index (χ3n) is 6.52. The fourth-order valence-corrected chi connectivity index (χ4v) is 5.28. The van der Waals surface area contributed by atoms with Crippen LogP contribution >= 0.6 is 0 Å². The van der Waals surface area contributed by atoms with Crippen molar-refractivity contribution in [3.05, 3.63) is 0 Å². The third-order valence-corrected chi connectivity index (χ3v) is 6.52. The van der Waals surface area contributed by atoms with E-state index in [4.69, 9.17) is 0 Å². The molecular weight excluding hydrogens is 292 g/mol. The Labute approximate surface area is 139 Å². The molecule has 4 nitrogen and oxygen atoms in total. The van der Waals surface area contributed by atoms with Crippen LogP contribution < -0.4 is 0 Å². The fraction of sp³-hybridized carbons (Fsp3) is 0.895. The number of rotatable bonds is 7. The Hall–Kier alpha value is -1.06. The zero-order chi connectivity index (χ0) is 16.9. The van der Waals surface area contributed by atoms with Crippen LogP contribution in [0.15, 0.2) is 0 Å². The molecule has 2 N–H and O–H groups in total. The van der Waals surface area contributed by atoms with E-state index in [0.717, 1.165) is 57.8 Å². The number of hydrogen-bond donors (Lipinski definition) is 2. The van der Waals surface area contributed by atoms with E-state index in [1.807, 2.05) is 0 Å². The zero-order valence-electron chi connectivity index (χ0n) is 14.5. The average molecular weight is 324 g/mol. The SMILES string of the molecule is CCCCC(C1(C(=O)O)CCCCC1)C1(C(=O)O)CCCCC1. The van der Waals surface area contributed by atoms with Crippen molar-refractivity contribution in [3.8, 4) is 0 Å². The average Bonchev–Trinajstić information content (AvgIpc) is 2.56. The second-order valence-electron chi connectivity index (χ2n) is 7.74. The standard InChI is InChI=1S/C19H32O4/c1-2-3-10-15(18(16(20)21)11-6-4-7-12-18)19(17(22)23)13-8-5-9-14-19/h15H,2-14H2,1H3,(H,20,21)(H,22,23). The molecule has 0 unspecified atom stereocenters. The summed E-state index contributed by atoms with van der Waals surface area (Å²) in [4.78, 5) is 24.6. The van der Waals surface area contributed by atoms with E-state index < -0.39 is 22.8 Å². The summed E-state index contributed by atoms with van der Waals surface area (Å²) in [7, 11) is 0. The van der Waals surface area contributed by atoms with Gasteiger partial charge in [-0.2, -0.15) is 0 Å². The minimum absolute atomic E-state index is 0.217. The Bertz CT molecular complexity index is 381. The first kappa shape index (κ1) is 18.3. The second kappa shape index (κ2) is 7.67. The molecule has 0 saturated heterocycles. The van der Waals surface area contributed by atoms with Crippen molar-refractivity contribution >= 4 is 11.9 Å². The van der Waals surface area contributed by atoms with Crippen molar-refractivity contribution in [2.24, 2.45) is 16.7 Å². The Morgan fingerprint density at radius 1 is 0.826 bits per heavy atom. The summed E-state index contributed by atoms with van der Waals surface area (Å²) < 4.78 is 0. The summed E-state index contributed by atoms with van der Waals surface area (Å²) >= 11 is 0. The predicted molar refractivity (Wildman–Crippen MR) is 89.3 cm³/mol. The van der Waals surface area contributed by atoms with Gasteiger partial charge < -0.3 is 10.2 Å². The van der Waals surface area contributed by atoms with Crippen LogP contribution in [0.4, 0.5) is 0 Å². The van der Waals surface area contributed by atoms with Gasteiger partial charge in [0.25, 0.3) is 0 Å². The summed E-state index contributed by atoms with van der Waals surface area (Å²) in [6.45, 7) is 2.10. The maximum Gasteiger partial charge on any atom is 0.309 e. The predicted octanol–water partition coefficient (Wildman–Crippen LogP) is 4.86. The summed E-state index contributed by atoms with van der Waals surface area (Å²) in [6, 6.07) is 0. The maximum absolute atomic E-state index is 12.3. The van der Waals surface area contributed by atoms with Gasteiger partial charge in [-0.3, -0.25) is 9.59 Å². The Balaban J connectivity index is 2.44. The van der Waals surface area contributed by atoms with Gasteiger partial charge in [0, 0.05) is 0 Å². The molecule has 2 aliphatic carbocycles. The number of aliphatic carboxylic acids is 2. The van der Waals surface area contributed by atoms with Crippen LogP contribution in [0, 0.1) is 16.7 Å². The highest BCUT2D eigenvalue weighted by Crippen LogP contribution is 2.57. The van der Waals surface area contributed by atoms with Gasteiger partial charge in [0.2, 0.25) is 0 Å². The van der Waals surface area contributed by atoms with Gasteiger partial charge in [-0.1, -0.05) is 58.3 Å². The quantitative estimate of drug-likeness (QED) is 0.701. The smallest absolute Gasteiger partial charge is 0.309 e. The minimum Gasteiger partial charge on any atom is -0.481 e. The third kappa shape index (κ3) is 3.41. The van der Waals surface area contributed by atoms with Crippen molar-refractivity contribution in [1.29, 1.82) is 0 Å². The first-order valence-electron chi connectivity index (χ1n) is 9.46. The summed E-state index contributed by atoms with van der Waals surface area (Å²) in [6.07, 6.45) is 11.1. The summed E-state index contributed by atoms with van der Waals surface area (Å²) in [5, 5.41) is 20.2. The molecule has 2 aliphatic rings. The molecule has 132 valence electrons. The van der Waals surface area contributed by atoms with Gasteiger partial charge in [0.15, 0.2) is 0 Å². The van der Waals surface area contributed by atoms with Gasteiger partial charge >= 0.3 is 11.9 Å². The first-order chi connectivity index (χ1) is 11.0. The molecule has 0 aromatic heterocycles. The van der Waals surface area contributed by atoms with Crippen LogP contribution in [0.3, 0.4) is 0 Å². The minimum atomic E-state index is -0.816. The lowest BCUT2D eigenvalue weighted by Crippen LogP contribution is -2.52. The number of carboxylic acids is 2. The van der Waals surface area contributed by atoms with E-state index in [1.165, 1.54) is 0 Å². The van der Waals surface area contributed by atoms with Crippen LogP contribution in [-0.2, 0) is 9.59 Å². The van der Waals surface area contributed by atoms with Gasteiger partial charge in [-0.15, -0.1) is 0 Å². The Morgan fingerprint density at radius 3 is 1.52 bits per heavy atom. The molecule has 4 heteroatoms. The van der Waals surface area contributed by atoms with Crippen molar-refractivity contribution in [2.45, 2.75) is 90.4 Å². The molecule has 23 heavy (non-hydrogen) atoms. The van der Waals surface area contributed by atoms with Crippen molar-refractivity contribution in [3.63, 3.8) is 0 Å². The zero-order valence-corrected chi connectivity index (χ0v) is 14.5. The van der Waals surface area contributed by atoms with Gasteiger partial charge in [-0.25, -0.2) is 0 Å². The molecule has 0 aromatic carbocycles. The molecule has 0 aliphatic heterocycles. The van der Waals surface area contributed by atoms with E-state index in [-0.39, 0.29) is 5.92 Å². The normalized spacial score (nSPS) is 23.6. The lowest BCUT2D eigenvalue weighted by Gasteiger charge is -2.50. The molecule has 2 rings (SSSR count). The van der Waals surface area contributed by atoms with Gasteiger partial charge in [0.1, 0.15) is 0 Å². The van der Waals surface area contributed by atoms with Crippen LogP contribution in [0.1, 0.15) is 90.4 Å². The van der Waals surface area contributed by atoms with E-state index >= 15 is 0 Å². The number of carbonyl (C=O) groups is 2. The van der Waals surface area contributed by atoms with E-state index in [0.29, 0.717) is 25.7 Å². The largest absolute Gasteiger partial charge is 0.481 e. The molecule has 0 aromatic rings. The van der Waals surface area contributed by atoms with E-state index in [2.05, 4.69) is 6.92 Å². The van der Waals surface area contributed by atoms with Crippen LogP contribution in [0.25, 0.3) is 0 Å². The lowest BCUT2D eigenvalue weighted by molar-refractivity contribution is -0.173. The Kier molecular flexibility index (Phi) is 6.10.